The van der Waals surface area contributed by atoms with Gasteiger partial charge in [-0.2, -0.15) is 4.98 Å². The highest BCUT2D eigenvalue weighted by atomic mass is 16.6. The maximum atomic E-state index is 12.4. The predicted molar refractivity (Wildman–Crippen MR) is 117 cm³/mol. The molecule has 1 aromatic heterocycles. The van der Waals surface area contributed by atoms with Gasteiger partial charge in [0.25, 0.3) is 5.89 Å². The van der Waals surface area contributed by atoms with E-state index in [9.17, 15) is 4.79 Å². The first kappa shape index (κ1) is 22.3. The highest BCUT2D eigenvalue weighted by molar-refractivity contribution is 5.68. The highest BCUT2D eigenvalue weighted by Crippen LogP contribution is 2.24. The summed E-state index contributed by atoms with van der Waals surface area (Å²) >= 11 is 0. The van der Waals surface area contributed by atoms with Gasteiger partial charge in [0.2, 0.25) is 5.82 Å². The molecule has 0 unspecified atom stereocenters. The second-order valence-corrected chi connectivity index (χ2v) is 7.67. The number of rotatable bonds is 9. The minimum absolute atomic E-state index is 0.107. The molecule has 0 fully saturated rings. The van der Waals surface area contributed by atoms with Crippen molar-refractivity contribution in [1.29, 1.82) is 0 Å². The molecule has 0 bridgehead atoms. The molecular weight excluding hydrogens is 394 g/mol. The van der Waals surface area contributed by atoms with Crippen LogP contribution in [0.25, 0.3) is 11.5 Å². The molecule has 1 amide bonds. The Bertz CT molecular complexity index is 954. The van der Waals surface area contributed by atoms with E-state index in [1.54, 1.807) is 4.90 Å². The van der Waals surface area contributed by atoms with Gasteiger partial charge in [0.1, 0.15) is 5.75 Å². The van der Waals surface area contributed by atoms with Gasteiger partial charge in [0.05, 0.1) is 12.6 Å². The summed E-state index contributed by atoms with van der Waals surface area (Å²) in [6.07, 6.45) is -0.296. The molecule has 3 rings (SSSR count). The van der Waals surface area contributed by atoms with Gasteiger partial charge in [-0.15, -0.1) is 0 Å². The van der Waals surface area contributed by atoms with Crippen molar-refractivity contribution in [3.8, 4) is 17.2 Å². The minimum Gasteiger partial charge on any atom is -0.485 e. The second-order valence-electron chi connectivity index (χ2n) is 7.67. The fourth-order valence-corrected chi connectivity index (χ4v) is 3.06. The summed E-state index contributed by atoms with van der Waals surface area (Å²) in [5.74, 6) is 1.93. The number of amides is 1. The van der Waals surface area contributed by atoms with Gasteiger partial charge < -0.3 is 18.9 Å². The second kappa shape index (κ2) is 10.6. The lowest BCUT2D eigenvalue weighted by atomic mass is 10.1. The van der Waals surface area contributed by atoms with Gasteiger partial charge in [0, 0.05) is 12.1 Å². The molecule has 164 valence electrons. The zero-order valence-corrected chi connectivity index (χ0v) is 18.4. The lowest BCUT2D eigenvalue weighted by Crippen LogP contribution is -2.34. The Kier molecular flexibility index (Phi) is 7.65. The third kappa shape index (κ3) is 6.07. The minimum atomic E-state index is -0.296. The van der Waals surface area contributed by atoms with Crippen molar-refractivity contribution in [1.82, 2.24) is 15.0 Å². The van der Waals surface area contributed by atoms with Crippen molar-refractivity contribution >= 4 is 6.09 Å². The molecule has 2 aromatic carbocycles. The number of carbonyl (C=O) groups is 1. The third-order valence-corrected chi connectivity index (χ3v) is 4.80. The van der Waals surface area contributed by atoms with E-state index < -0.39 is 0 Å². The topological polar surface area (TPSA) is 77.7 Å². The van der Waals surface area contributed by atoms with Crippen molar-refractivity contribution in [2.24, 2.45) is 5.92 Å². The number of benzene rings is 2. The molecule has 3 aromatic rings. The fourth-order valence-electron chi connectivity index (χ4n) is 3.06. The van der Waals surface area contributed by atoms with E-state index in [1.165, 1.54) is 0 Å². The summed E-state index contributed by atoms with van der Waals surface area (Å²) in [5.41, 5.74) is 1.87. The smallest absolute Gasteiger partial charge is 0.410 e. The summed E-state index contributed by atoms with van der Waals surface area (Å²) in [6.45, 7) is 9.15. The van der Waals surface area contributed by atoms with Crippen LogP contribution < -0.4 is 4.74 Å². The molecule has 0 radical (unpaired) electrons. The molecule has 0 aliphatic carbocycles. The zero-order valence-electron chi connectivity index (χ0n) is 18.4. The van der Waals surface area contributed by atoms with Crippen LogP contribution in [0.5, 0.6) is 5.75 Å². The highest BCUT2D eigenvalue weighted by Gasteiger charge is 2.21. The summed E-state index contributed by atoms with van der Waals surface area (Å²) in [6, 6.07) is 17.1. The van der Waals surface area contributed by atoms with Crippen LogP contribution in [0.1, 0.15) is 45.1 Å². The Balaban J connectivity index is 1.57. The average Bonchev–Trinajstić information content (AvgIpc) is 3.27. The molecule has 0 spiro atoms. The Hall–Kier alpha value is -3.35. The quantitative estimate of drug-likeness (QED) is 0.453. The van der Waals surface area contributed by atoms with E-state index >= 15 is 0 Å². The SMILES string of the molecule is CCN(C(=O)OCC(C)C)[C@H](C)c1ccc(OCc2noc(-c3ccccc3)n2)cc1. The summed E-state index contributed by atoms with van der Waals surface area (Å²) in [4.78, 5) is 18.5. The van der Waals surface area contributed by atoms with Gasteiger partial charge >= 0.3 is 6.09 Å². The van der Waals surface area contributed by atoms with Crippen LogP contribution >= 0.6 is 0 Å². The Morgan fingerprint density at radius 1 is 1.06 bits per heavy atom. The zero-order chi connectivity index (χ0) is 22.2. The fraction of sp³-hybridized carbons (Fsp3) is 0.375. The van der Waals surface area contributed by atoms with Crippen LogP contribution in [0.2, 0.25) is 0 Å². The average molecular weight is 424 g/mol. The molecule has 0 aliphatic rings. The van der Waals surface area contributed by atoms with Gasteiger partial charge in [-0.05, 0) is 49.6 Å². The molecule has 1 heterocycles. The first-order chi connectivity index (χ1) is 15.0. The number of carbonyl (C=O) groups excluding carboxylic acids is 1. The largest absolute Gasteiger partial charge is 0.485 e. The lowest BCUT2D eigenvalue weighted by Gasteiger charge is -2.28. The van der Waals surface area contributed by atoms with Crippen LogP contribution in [0, 0.1) is 5.92 Å². The van der Waals surface area contributed by atoms with Gasteiger partial charge in [-0.3, -0.25) is 0 Å². The van der Waals surface area contributed by atoms with Crippen molar-refractivity contribution in [3.05, 3.63) is 66.0 Å². The van der Waals surface area contributed by atoms with Gasteiger partial charge in [0.15, 0.2) is 6.61 Å². The lowest BCUT2D eigenvalue weighted by molar-refractivity contribution is 0.0816. The summed E-state index contributed by atoms with van der Waals surface area (Å²) in [7, 11) is 0. The van der Waals surface area contributed by atoms with Crippen molar-refractivity contribution in [2.75, 3.05) is 13.2 Å². The van der Waals surface area contributed by atoms with Crippen molar-refractivity contribution in [2.45, 2.75) is 40.3 Å². The monoisotopic (exact) mass is 423 g/mol. The first-order valence-electron chi connectivity index (χ1n) is 10.5. The Morgan fingerprint density at radius 2 is 1.77 bits per heavy atom. The van der Waals surface area contributed by atoms with Crippen LogP contribution in [0.3, 0.4) is 0 Å². The molecule has 0 N–H and O–H groups in total. The van der Waals surface area contributed by atoms with Crippen LogP contribution in [-0.2, 0) is 11.3 Å². The first-order valence-corrected chi connectivity index (χ1v) is 10.5. The van der Waals surface area contributed by atoms with Crippen molar-refractivity contribution < 1.29 is 18.8 Å². The van der Waals surface area contributed by atoms with E-state index in [4.69, 9.17) is 14.0 Å². The van der Waals surface area contributed by atoms with Gasteiger partial charge in [-0.25, -0.2) is 4.79 Å². The molecule has 7 nitrogen and oxygen atoms in total. The number of ether oxygens (including phenoxy) is 2. The molecule has 31 heavy (non-hydrogen) atoms. The molecule has 0 saturated carbocycles. The molecule has 0 aliphatic heterocycles. The number of hydrogen-bond acceptors (Lipinski definition) is 6. The molecule has 0 saturated heterocycles. The molecule has 7 heteroatoms. The van der Waals surface area contributed by atoms with E-state index in [0.717, 1.165) is 11.1 Å². The molecular formula is C24H29N3O4. The standard InChI is InChI=1S/C24H29N3O4/c1-5-27(24(28)30-15-17(2)3)18(4)19-11-13-21(14-12-19)29-16-22-25-23(31-26-22)20-9-7-6-8-10-20/h6-14,17-18H,5,15-16H2,1-4H3/t18-/m1/s1. The van der Waals surface area contributed by atoms with Crippen LogP contribution in [0.15, 0.2) is 59.1 Å². The number of hydrogen-bond donors (Lipinski definition) is 0. The Labute approximate surface area is 183 Å². The third-order valence-electron chi connectivity index (χ3n) is 4.80. The number of nitrogens with zero attached hydrogens (tertiary/aromatic N) is 3. The normalized spacial score (nSPS) is 11.9. The van der Waals surface area contributed by atoms with E-state index in [-0.39, 0.29) is 18.7 Å². The van der Waals surface area contributed by atoms with E-state index in [2.05, 4.69) is 10.1 Å². The van der Waals surface area contributed by atoms with Crippen LogP contribution in [0.4, 0.5) is 4.79 Å². The maximum Gasteiger partial charge on any atom is 0.410 e. The summed E-state index contributed by atoms with van der Waals surface area (Å²) in [5, 5.41) is 3.97. The predicted octanol–water partition coefficient (Wildman–Crippen LogP) is 5.49. The Morgan fingerprint density at radius 3 is 2.42 bits per heavy atom. The van der Waals surface area contributed by atoms with E-state index in [0.29, 0.717) is 36.5 Å². The summed E-state index contributed by atoms with van der Waals surface area (Å²) < 4.78 is 16.5. The molecule has 1 atom stereocenters. The van der Waals surface area contributed by atoms with Crippen molar-refractivity contribution in [3.63, 3.8) is 0 Å². The van der Waals surface area contributed by atoms with E-state index in [1.807, 2.05) is 82.3 Å². The van der Waals surface area contributed by atoms with Crippen LogP contribution in [-0.4, -0.2) is 34.3 Å². The maximum absolute atomic E-state index is 12.4. The van der Waals surface area contributed by atoms with Gasteiger partial charge in [-0.1, -0.05) is 49.3 Å². The number of aromatic nitrogens is 2.